The van der Waals surface area contributed by atoms with Crippen molar-refractivity contribution in [3.63, 3.8) is 0 Å². The van der Waals surface area contributed by atoms with Gasteiger partial charge < -0.3 is 0 Å². The van der Waals surface area contributed by atoms with E-state index in [1.807, 2.05) is 0 Å². The van der Waals surface area contributed by atoms with Gasteiger partial charge in [-0.3, -0.25) is 0 Å². The summed E-state index contributed by atoms with van der Waals surface area (Å²) in [5, 5.41) is 9.42. The Morgan fingerprint density at radius 2 is 1.67 bits per heavy atom. The molecule has 0 amide bonds. The Hall–Kier alpha value is -1.52. The van der Waals surface area contributed by atoms with E-state index in [9.17, 15) is 22.5 Å². The van der Waals surface area contributed by atoms with Crippen LogP contribution in [0.1, 0.15) is 31.2 Å². The van der Waals surface area contributed by atoms with Gasteiger partial charge in [-0.15, -0.1) is 0 Å². The van der Waals surface area contributed by atoms with E-state index in [-0.39, 0.29) is 30.6 Å². The highest BCUT2D eigenvalue weighted by atomic mass is 32.2. The third-order valence-corrected chi connectivity index (χ3v) is 5.47. The molecule has 1 aliphatic carbocycles. The molecule has 1 aliphatic rings. The number of hydrogen-bond donors (Lipinski definition) is 1. The smallest absolute Gasteiger partial charge is 0.214 e. The Kier molecular flexibility index (Phi) is 4.04. The minimum Gasteiger partial charge on any atom is -0.214 e. The van der Waals surface area contributed by atoms with Gasteiger partial charge in [0.25, 0.3) is 0 Å². The number of alkyl halides is 2. The zero-order valence-corrected chi connectivity index (χ0v) is 12.4. The molecule has 0 atom stereocenters. The van der Waals surface area contributed by atoms with E-state index in [1.165, 1.54) is 31.3 Å². The molecule has 1 N–H and O–H groups in total. The monoisotopic (exact) mass is 314 g/mol. The average Bonchev–Trinajstić information content (AvgIpc) is 2.48. The van der Waals surface area contributed by atoms with Crippen LogP contribution in [0, 0.1) is 11.3 Å². The van der Waals surface area contributed by atoms with Crippen LogP contribution >= 0.6 is 0 Å². The maximum atomic E-state index is 13.3. The molecule has 0 aromatic heterocycles. The lowest BCUT2D eigenvalue weighted by Gasteiger charge is -2.35. The van der Waals surface area contributed by atoms with E-state index in [1.54, 1.807) is 0 Å². The van der Waals surface area contributed by atoms with Crippen molar-refractivity contribution in [1.29, 1.82) is 5.26 Å². The first-order valence-corrected chi connectivity index (χ1v) is 8.06. The molecule has 1 aromatic rings. The summed E-state index contributed by atoms with van der Waals surface area (Å²) < 4.78 is 52.0. The number of rotatable bonds is 3. The number of halogens is 2. The van der Waals surface area contributed by atoms with E-state index >= 15 is 0 Å². The maximum Gasteiger partial charge on any atom is 0.248 e. The van der Waals surface area contributed by atoms with Crippen LogP contribution in [-0.2, 0) is 15.4 Å². The highest BCUT2D eigenvalue weighted by molar-refractivity contribution is 7.89. The van der Waals surface area contributed by atoms with Crippen molar-refractivity contribution in [2.75, 3.05) is 7.05 Å². The summed E-state index contributed by atoms with van der Waals surface area (Å²) in [4.78, 5) is 0.0861. The Bertz CT molecular complexity index is 653. The summed E-state index contributed by atoms with van der Waals surface area (Å²) >= 11 is 0. The van der Waals surface area contributed by atoms with Crippen molar-refractivity contribution in [2.45, 2.75) is 41.9 Å². The fourth-order valence-corrected chi connectivity index (χ4v) is 3.31. The largest absolute Gasteiger partial charge is 0.248 e. The molecule has 7 heteroatoms. The standard InChI is InChI=1S/C14H16F2N2O2S/c1-18-21(19,20)12-4-2-11(3-5-12)13(10-17)6-8-14(15,16)9-7-13/h2-5,18H,6-9H2,1H3. The molecule has 1 saturated carbocycles. The topological polar surface area (TPSA) is 70.0 Å². The van der Waals surface area contributed by atoms with E-state index in [2.05, 4.69) is 10.8 Å². The Balaban J connectivity index is 2.31. The molecular formula is C14H16F2N2O2S. The van der Waals surface area contributed by atoms with Gasteiger partial charge in [-0.2, -0.15) is 5.26 Å². The maximum absolute atomic E-state index is 13.3. The van der Waals surface area contributed by atoms with E-state index < -0.39 is 21.4 Å². The zero-order chi connectivity index (χ0) is 15.7. The second-order valence-corrected chi connectivity index (χ2v) is 7.17. The molecule has 0 radical (unpaired) electrons. The van der Waals surface area contributed by atoms with Crippen LogP contribution in [0.5, 0.6) is 0 Å². The van der Waals surface area contributed by atoms with Gasteiger partial charge in [-0.1, -0.05) is 12.1 Å². The first-order chi connectivity index (χ1) is 9.75. The van der Waals surface area contributed by atoms with E-state index in [0.29, 0.717) is 5.56 Å². The SMILES string of the molecule is CNS(=O)(=O)c1ccc(C2(C#N)CCC(F)(F)CC2)cc1. The van der Waals surface area contributed by atoms with Gasteiger partial charge in [-0.05, 0) is 37.6 Å². The molecule has 4 nitrogen and oxygen atoms in total. The molecule has 0 unspecified atom stereocenters. The van der Waals surface area contributed by atoms with Crippen LogP contribution in [0.2, 0.25) is 0 Å². The quantitative estimate of drug-likeness (QED) is 0.932. The van der Waals surface area contributed by atoms with Crippen molar-refractivity contribution in [1.82, 2.24) is 4.72 Å². The summed E-state index contributed by atoms with van der Waals surface area (Å²) in [6.07, 6.45) is -0.489. The predicted molar refractivity (Wildman–Crippen MR) is 73.4 cm³/mol. The minimum absolute atomic E-state index is 0.0780. The molecule has 1 aromatic carbocycles. The van der Waals surface area contributed by atoms with Gasteiger partial charge in [0.15, 0.2) is 0 Å². The molecular weight excluding hydrogens is 298 g/mol. The van der Waals surface area contributed by atoms with Gasteiger partial charge in [0, 0.05) is 12.8 Å². The molecule has 0 spiro atoms. The first kappa shape index (κ1) is 15.9. The van der Waals surface area contributed by atoms with Crippen LogP contribution in [-0.4, -0.2) is 21.4 Å². The van der Waals surface area contributed by atoms with Crippen molar-refractivity contribution >= 4 is 10.0 Å². The van der Waals surface area contributed by atoms with Crippen LogP contribution in [0.15, 0.2) is 29.2 Å². The summed E-state index contributed by atoms with van der Waals surface area (Å²) in [6, 6.07) is 8.01. The lowest BCUT2D eigenvalue weighted by molar-refractivity contribution is -0.0453. The second-order valence-electron chi connectivity index (χ2n) is 5.28. The predicted octanol–water partition coefficient (Wildman–Crippen LogP) is 2.57. The molecule has 0 saturated heterocycles. The van der Waals surface area contributed by atoms with Gasteiger partial charge in [0.2, 0.25) is 15.9 Å². The fourth-order valence-electron chi connectivity index (χ4n) is 2.58. The lowest BCUT2D eigenvalue weighted by Crippen LogP contribution is -2.35. The van der Waals surface area contributed by atoms with E-state index in [4.69, 9.17) is 0 Å². The molecule has 21 heavy (non-hydrogen) atoms. The molecule has 0 heterocycles. The third kappa shape index (κ3) is 3.06. The Morgan fingerprint density at radius 3 is 2.10 bits per heavy atom. The lowest BCUT2D eigenvalue weighted by atomic mass is 9.69. The number of sulfonamides is 1. The third-order valence-electron chi connectivity index (χ3n) is 4.04. The van der Waals surface area contributed by atoms with Crippen LogP contribution in [0.25, 0.3) is 0 Å². The fraction of sp³-hybridized carbons (Fsp3) is 0.500. The van der Waals surface area contributed by atoms with Crippen LogP contribution in [0.4, 0.5) is 8.78 Å². The average molecular weight is 314 g/mol. The van der Waals surface area contributed by atoms with Crippen molar-refractivity contribution in [2.24, 2.45) is 0 Å². The van der Waals surface area contributed by atoms with E-state index in [0.717, 1.165) is 0 Å². The van der Waals surface area contributed by atoms with Gasteiger partial charge in [0.05, 0.1) is 16.4 Å². The number of hydrogen-bond acceptors (Lipinski definition) is 3. The molecule has 0 aliphatic heterocycles. The number of nitrogens with zero attached hydrogens (tertiary/aromatic N) is 1. The highest BCUT2D eigenvalue weighted by Gasteiger charge is 2.44. The van der Waals surface area contributed by atoms with Crippen molar-refractivity contribution in [3.05, 3.63) is 29.8 Å². The number of nitrogens with one attached hydrogen (secondary N) is 1. The number of nitriles is 1. The molecule has 114 valence electrons. The van der Waals surface area contributed by atoms with Gasteiger partial charge >= 0.3 is 0 Å². The zero-order valence-electron chi connectivity index (χ0n) is 11.6. The summed E-state index contributed by atoms with van der Waals surface area (Å²) in [6.45, 7) is 0. The normalized spacial score (nSPS) is 20.7. The Morgan fingerprint density at radius 1 is 1.14 bits per heavy atom. The van der Waals surface area contributed by atoms with Crippen molar-refractivity contribution < 1.29 is 17.2 Å². The van der Waals surface area contributed by atoms with Crippen LogP contribution in [0.3, 0.4) is 0 Å². The molecule has 1 fully saturated rings. The molecule has 2 rings (SSSR count). The summed E-state index contributed by atoms with van der Waals surface area (Å²) in [5.74, 6) is -2.71. The highest BCUT2D eigenvalue weighted by Crippen LogP contribution is 2.45. The second kappa shape index (κ2) is 5.35. The van der Waals surface area contributed by atoms with Crippen LogP contribution < -0.4 is 4.72 Å². The number of benzene rings is 1. The van der Waals surface area contributed by atoms with Gasteiger partial charge in [-0.25, -0.2) is 21.9 Å². The molecule has 0 bridgehead atoms. The minimum atomic E-state index is -3.54. The summed E-state index contributed by atoms with van der Waals surface area (Å²) in [7, 11) is -2.23. The van der Waals surface area contributed by atoms with Gasteiger partial charge in [0.1, 0.15) is 0 Å². The first-order valence-electron chi connectivity index (χ1n) is 6.58. The summed E-state index contributed by atoms with van der Waals surface area (Å²) in [5.41, 5.74) is -0.362. The Labute approximate surface area is 122 Å². The van der Waals surface area contributed by atoms with Crippen molar-refractivity contribution in [3.8, 4) is 6.07 Å².